The van der Waals surface area contributed by atoms with Gasteiger partial charge in [0.05, 0.1) is 13.2 Å². The first-order chi connectivity index (χ1) is 7.17. The van der Waals surface area contributed by atoms with Crippen LogP contribution in [0.25, 0.3) is 0 Å². The first-order valence-corrected chi connectivity index (χ1v) is 4.69. The molecule has 1 saturated heterocycles. The molecule has 5 heteroatoms. The van der Waals surface area contributed by atoms with Crippen LogP contribution in [0.4, 0.5) is 0 Å². The van der Waals surface area contributed by atoms with Gasteiger partial charge in [-0.05, 0) is 6.92 Å². The van der Waals surface area contributed by atoms with Crippen LogP contribution in [0, 0.1) is 5.92 Å². The molecule has 1 fully saturated rings. The molecule has 0 radical (unpaired) electrons. The van der Waals surface area contributed by atoms with E-state index in [2.05, 4.69) is 6.58 Å². The van der Waals surface area contributed by atoms with E-state index in [1.807, 2.05) is 0 Å². The minimum atomic E-state index is -0.856. The molecule has 0 aromatic carbocycles. The molecule has 0 aromatic heterocycles. The summed E-state index contributed by atoms with van der Waals surface area (Å²) in [5.74, 6) is -0.865. The molecule has 1 atom stereocenters. The molecule has 0 N–H and O–H groups in total. The molecule has 0 saturated carbocycles. The number of aldehydes is 1. The smallest absolute Gasteiger partial charge is 0.314 e. The fourth-order valence-electron chi connectivity index (χ4n) is 1.06. The molecule has 1 aliphatic rings. The lowest BCUT2D eigenvalue weighted by molar-refractivity contribution is -0.203. The first kappa shape index (κ1) is 11.9. The summed E-state index contributed by atoms with van der Waals surface area (Å²) in [4.78, 5) is 21.7. The molecule has 15 heavy (non-hydrogen) atoms. The lowest BCUT2D eigenvalue weighted by atomic mass is 10.1. The molecular weight excluding hydrogens is 200 g/mol. The number of hydrogen-bond donors (Lipinski definition) is 0. The van der Waals surface area contributed by atoms with Crippen molar-refractivity contribution < 1.29 is 23.8 Å². The maximum Gasteiger partial charge on any atom is 0.314 e. The summed E-state index contributed by atoms with van der Waals surface area (Å²) in [6.07, 6.45) is 0.886. The van der Waals surface area contributed by atoms with Crippen LogP contribution in [0.5, 0.6) is 0 Å². The maximum absolute atomic E-state index is 11.4. The predicted molar refractivity (Wildman–Crippen MR) is 51.0 cm³/mol. The van der Waals surface area contributed by atoms with Crippen molar-refractivity contribution in [1.29, 1.82) is 0 Å². The number of hydrogen-bond acceptors (Lipinski definition) is 5. The summed E-state index contributed by atoms with van der Waals surface area (Å²) in [5.41, 5.74) is 0. The summed E-state index contributed by atoms with van der Waals surface area (Å²) in [5, 5.41) is 0. The Bertz CT molecular complexity index is 242. The topological polar surface area (TPSA) is 61.8 Å². The van der Waals surface area contributed by atoms with Gasteiger partial charge in [-0.1, -0.05) is 12.7 Å². The van der Waals surface area contributed by atoms with E-state index in [0.717, 1.165) is 0 Å². The van der Waals surface area contributed by atoms with Gasteiger partial charge in [-0.2, -0.15) is 0 Å². The Kier molecular flexibility index (Phi) is 4.45. The van der Waals surface area contributed by atoms with E-state index >= 15 is 0 Å². The van der Waals surface area contributed by atoms with Gasteiger partial charge in [-0.15, -0.1) is 0 Å². The van der Waals surface area contributed by atoms with Crippen molar-refractivity contribution in [2.45, 2.75) is 19.3 Å². The molecule has 1 rings (SSSR count). The zero-order valence-electron chi connectivity index (χ0n) is 8.55. The Balaban J connectivity index is 2.36. The van der Waals surface area contributed by atoms with Gasteiger partial charge in [0.2, 0.25) is 6.29 Å². The van der Waals surface area contributed by atoms with Crippen molar-refractivity contribution in [2.24, 2.45) is 5.92 Å². The molecule has 0 aliphatic carbocycles. The molecule has 5 nitrogen and oxygen atoms in total. The van der Waals surface area contributed by atoms with Gasteiger partial charge >= 0.3 is 5.97 Å². The van der Waals surface area contributed by atoms with Crippen LogP contribution in [0.2, 0.25) is 0 Å². The molecular formula is C10H14O5. The lowest BCUT2D eigenvalue weighted by Gasteiger charge is -2.25. The van der Waals surface area contributed by atoms with Gasteiger partial charge in [-0.3, -0.25) is 9.59 Å². The average Bonchev–Trinajstić information content (AvgIpc) is 2.29. The van der Waals surface area contributed by atoms with E-state index in [1.54, 1.807) is 6.92 Å². The average molecular weight is 214 g/mol. The van der Waals surface area contributed by atoms with Crippen LogP contribution in [0.3, 0.4) is 0 Å². The summed E-state index contributed by atoms with van der Waals surface area (Å²) in [6, 6.07) is 0. The van der Waals surface area contributed by atoms with Gasteiger partial charge in [0.25, 0.3) is 0 Å². The minimum Gasteiger partial charge on any atom is -0.458 e. The SMILES string of the molecule is C=CC(C)OC(=O)C1COC(C=O)OC1. The number of carbonyl (C=O) groups is 2. The lowest BCUT2D eigenvalue weighted by Crippen LogP contribution is -2.38. The summed E-state index contributed by atoms with van der Waals surface area (Å²) >= 11 is 0. The highest BCUT2D eigenvalue weighted by Crippen LogP contribution is 2.12. The van der Waals surface area contributed by atoms with Gasteiger partial charge < -0.3 is 14.2 Å². The standard InChI is InChI=1S/C10H14O5/c1-3-7(2)15-10(12)8-5-13-9(4-11)14-6-8/h3-4,7-9H,1,5-6H2,2H3. The highest BCUT2D eigenvalue weighted by molar-refractivity contribution is 5.73. The second-order valence-electron chi connectivity index (χ2n) is 3.25. The van der Waals surface area contributed by atoms with Gasteiger partial charge in [0, 0.05) is 0 Å². The molecule has 0 amide bonds. The second-order valence-corrected chi connectivity index (χ2v) is 3.25. The third-order valence-electron chi connectivity index (χ3n) is 2.00. The molecule has 1 unspecified atom stereocenters. The highest BCUT2D eigenvalue weighted by Gasteiger charge is 2.29. The highest BCUT2D eigenvalue weighted by atomic mass is 16.7. The first-order valence-electron chi connectivity index (χ1n) is 4.69. The number of rotatable bonds is 4. The number of esters is 1. The van der Waals surface area contributed by atoms with Gasteiger partial charge in [0.15, 0.2) is 6.29 Å². The molecule has 0 aromatic rings. The monoisotopic (exact) mass is 214 g/mol. The van der Waals surface area contributed by atoms with Crippen LogP contribution >= 0.6 is 0 Å². The minimum absolute atomic E-state index is 0.145. The Labute approximate surface area is 88.0 Å². The van der Waals surface area contributed by atoms with Crippen molar-refractivity contribution in [2.75, 3.05) is 13.2 Å². The predicted octanol–water partition coefficient (Wildman–Crippen LogP) is 0.292. The molecule has 0 spiro atoms. The summed E-state index contributed by atoms with van der Waals surface area (Å²) < 4.78 is 14.9. The Morgan fingerprint density at radius 3 is 2.60 bits per heavy atom. The van der Waals surface area contributed by atoms with E-state index in [4.69, 9.17) is 14.2 Å². The van der Waals surface area contributed by atoms with E-state index in [-0.39, 0.29) is 19.3 Å². The third kappa shape index (κ3) is 3.45. The molecule has 1 aliphatic heterocycles. The van der Waals surface area contributed by atoms with Gasteiger partial charge in [-0.25, -0.2) is 0 Å². The maximum atomic E-state index is 11.4. The Morgan fingerprint density at radius 2 is 2.13 bits per heavy atom. The quantitative estimate of drug-likeness (QED) is 0.382. The second kappa shape index (κ2) is 5.63. The van der Waals surface area contributed by atoms with E-state index < -0.39 is 18.2 Å². The van der Waals surface area contributed by atoms with E-state index in [0.29, 0.717) is 6.29 Å². The summed E-state index contributed by atoms with van der Waals surface area (Å²) in [7, 11) is 0. The van der Waals surface area contributed by atoms with Crippen LogP contribution in [-0.4, -0.2) is 37.9 Å². The van der Waals surface area contributed by atoms with Crippen molar-refractivity contribution in [1.82, 2.24) is 0 Å². The van der Waals surface area contributed by atoms with Crippen molar-refractivity contribution in [3.63, 3.8) is 0 Å². The zero-order chi connectivity index (χ0) is 11.3. The molecule has 84 valence electrons. The summed E-state index contributed by atoms with van der Waals surface area (Å²) in [6.45, 7) is 5.50. The fourth-order valence-corrected chi connectivity index (χ4v) is 1.06. The van der Waals surface area contributed by atoms with Crippen LogP contribution in [-0.2, 0) is 23.8 Å². The third-order valence-corrected chi connectivity index (χ3v) is 2.00. The number of carbonyl (C=O) groups excluding carboxylic acids is 2. The van der Waals surface area contributed by atoms with Crippen LogP contribution < -0.4 is 0 Å². The Morgan fingerprint density at radius 1 is 1.53 bits per heavy atom. The zero-order valence-corrected chi connectivity index (χ0v) is 8.55. The van der Waals surface area contributed by atoms with Gasteiger partial charge in [0.1, 0.15) is 12.0 Å². The van der Waals surface area contributed by atoms with E-state index in [1.165, 1.54) is 6.08 Å². The Hall–Kier alpha value is -1.20. The van der Waals surface area contributed by atoms with E-state index in [9.17, 15) is 9.59 Å². The molecule has 1 heterocycles. The van der Waals surface area contributed by atoms with Crippen LogP contribution in [0.1, 0.15) is 6.92 Å². The number of ether oxygens (including phenoxy) is 3. The normalized spacial score (nSPS) is 27.8. The fraction of sp³-hybridized carbons (Fsp3) is 0.600. The van der Waals surface area contributed by atoms with Crippen LogP contribution in [0.15, 0.2) is 12.7 Å². The van der Waals surface area contributed by atoms with Crippen molar-refractivity contribution in [3.05, 3.63) is 12.7 Å². The van der Waals surface area contributed by atoms with Crippen molar-refractivity contribution in [3.8, 4) is 0 Å². The largest absolute Gasteiger partial charge is 0.458 e. The molecule has 0 bridgehead atoms. The van der Waals surface area contributed by atoms with Crippen molar-refractivity contribution >= 4 is 12.3 Å².